The molecule has 1 aromatic rings. The molecule has 146 valence electrons. The summed E-state index contributed by atoms with van der Waals surface area (Å²) in [6.45, 7) is 2.30. The number of rotatable bonds is 7. The average molecular weight is 379 g/mol. The van der Waals surface area contributed by atoms with Gasteiger partial charge in [-0.1, -0.05) is 82.5 Å². The van der Waals surface area contributed by atoms with Crippen LogP contribution in [0.5, 0.6) is 0 Å². The van der Waals surface area contributed by atoms with Crippen LogP contribution < -0.4 is 0 Å². The zero-order valence-corrected chi connectivity index (χ0v) is 17.6. The van der Waals surface area contributed by atoms with Crippen LogP contribution in [0, 0.1) is 23.5 Å². The maximum Gasteiger partial charge on any atom is 0.159 e. The molecule has 0 unspecified atom stereocenters. The standard InChI is InChI=1S/C23H36F2Si/c1-2-3-4-18-5-7-19(8-6-18)11-14-26-15-12-20(13-16-26)21-9-10-22(24)23(25)17-21/h9-10,17-20,26H,2-8,11-16H2,1H3/t18-,19-,20?,26?. The molecule has 0 spiro atoms. The van der Waals surface area contributed by atoms with Crippen LogP contribution in [-0.4, -0.2) is 8.80 Å². The van der Waals surface area contributed by atoms with Crippen molar-refractivity contribution in [2.24, 2.45) is 11.8 Å². The normalized spacial score (nSPS) is 29.7. The van der Waals surface area contributed by atoms with Crippen LogP contribution in [0.25, 0.3) is 0 Å². The Morgan fingerprint density at radius 2 is 1.54 bits per heavy atom. The van der Waals surface area contributed by atoms with Crippen molar-refractivity contribution in [2.45, 2.75) is 95.2 Å². The first kappa shape index (κ1) is 20.0. The number of halogens is 2. The average Bonchev–Trinajstić information content (AvgIpc) is 2.68. The lowest BCUT2D eigenvalue weighted by Gasteiger charge is -2.31. The Kier molecular flexibility index (Phi) is 7.72. The van der Waals surface area contributed by atoms with Crippen molar-refractivity contribution in [3.8, 4) is 0 Å². The minimum absolute atomic E-state index is 0.461. The third kappa shape index (κ3) is 5.64. The number of hydrogen-bond donors (Lipinski definition) is 0. The molecule has 0 aromatic heterocycles. The van der Waals surface area contributed by atoms with Gasteiger partial charge in [-0.25, -0.2) is 8.78 Å². The molecule has 0 atom stereocenters. The van der Waals surface area contributed by atoms with E-state index >= 15 is 0 Å². The maximum atomic E-state index is 13.5. The van der Waals surface area contributed by atoms with Gasteiger partial charge in [0.05, 0.1) is 0 Å². The Morgan fingerprint density at radius 1 is 0.885 bits per heavy atom. The summed E-state index contributed by atoms with van der Waals surface area (Å²) in [5, 5.41) is 0. The summed E-state index contributed by atoms with van der Waals surface area (Å²) in [6, 6.07) is 8.84. The van der Waals surface area contributed by atoms with Crippen LogP contribution in [-0.2, 0) is 0 Å². The predicted octanol–water partition coefficient (Wildman–Crippen LogP) is 7.46. The molecule has 1 heterocycles. The van der Waals surface area contributed by atoms with Gasteiger partial charge in [-0.15, -0.1) is 0 Å². The second kappa shape index (κ2) is 10.0. The first-order valence-corrected chi connectivity index (χ1v) is 13.6. The van der Waals surface area contributed by atoms with Crippen molar-refractivity contribution in [3.63, 3.8) is 0 Å². The SMILES string of the molecule is CCCC[C@H]1CC[C@H](CC[SiH]2CCC(c3ccc(F)c(F)c3)CC2)CC1. The highest BCUT2D eigenvalue weighted by Crippen LogP contribution is 2.38. The summed E-state index contributed by atoms with van der Waals surface area (Å²) < 4.78 is 26.6. The summed E-state index contributed by atoms with van der Waals surface area (Å²) in [5.74, 6) is 1.08. The number of hydrogen-bond acceptors (Lipinski definition) is 0. The van der Waals surface area contributed by atoms with E-state index in [1.807, 2.05) is 0 Å². The Bertz CT molecular complexity index is 543. The molecule has 0 N–H and O–H groups in total. The molecule has 1 saturated carbocycles. The van der Waals surface area contributed by atoms with E-state index in [0.717, 1.165) is 17.4 Å². The predicted molar refractivity (Wildman–Crippen MR) is 109 cm³/mol. The zero-order valence-electron chi connectivity index (χ0n) is 16.5. The van der Waals surface area contributed by atoms with Crippen LogP contribution in [0.15, 0.2) is 18.2 Å². The van der Waals surface area contributed by atoms with Gasteiger partial charge in [-0.3, -0.25) is 0 Å². The van der Waals surface area contributed by atoms with E-state index in [9.17, 15) is 8.78 Å². The topological polar surface area (TPSA) is 0 Å². The lowest BCUT2D eigenvalue weighted by molar-refractivity contribution is 0.254. The molecule has 0 bridgehead atoms. The molecule has 3 heteroatoms. The van der Waals surface area contributed by atoms with Gasteiger partial charge < -0.3 is 0 Å². The summed E-state index contributed by atoms with van der Waals surface area (Å²) in [6.07, 6.45) is 14.0. The van der Waals surface area contributed by atoms with Crippen molar-refractivity contribution < 1.29 is 8.78 Å². The lowest BCUT2D eigenvalue weighted by atomic mass is 9.79. The van der Waals surface area contributed by atoms with E-state index in [1.54, 1.807) is 6.07 Å². The van der Waals surface area contributed by atoms with E-state index in [2.05, 4.69) is 6.92 Å². The fraction of sp³-hybridized carbons (Fsp3) is 0.739. The first-order chi connectivity index (χ1) is 12.7. The summed E-state index contributed by atoms with van der Waals surface area (Å²) >= 11 is 0. The highest BCUT2D eigenvalue weighted by atomic mass is 28.3. The molecule has 0 radical (unpaired) electrons. The molecule has 2 fully saturated rings. The van der Waals surface area contributed by atoms with Gasteiger partial charge in [0, 0.05) is 8.80 Å². The molecule has 1 saturated heterocycles. The Balaban J connectivity index is 1.35. The Morgan fingerprint density at radius 3 is 2.15 bits per heavy atom. The fourth-order valence-electron chi connectivity index (χ4n) is 5.32. The van der Waals surface area contributed by atoms with Gasteiger partial charge in [0.25, 0.3) is 0 Å². The molecule has 0 nitrogen and oxygen atoms in total. The summed E-state index contributed by atoms with van der Waals surface area (Å²) in [7, 11) is -0.583. The molecule has 1 aromatic carbocycles. The van der Waals surface area contributed by atoms with E-state index in [-0.39, 0.29) is 0 Å². The van der Waals surface area contributed by atoms with Crippen LogP contribution in [0.1, 0.15) is 82.6 Å². The van der Waals surface area contributed by atoms with E-state index in [1.165, 1.54) is 94.5 Å². The van der Waals surface area contributed by atoms with Gasteiger partial charge in [-0.2, -0.15) is 0 Å². The van der Waals surface area contributed by atoms with Crippen molar-refractivity contribution in [1.82, 2.24) is 0 Å². The Hall–Kier alpha value is -0.703. The number of benzene rings is 1. The Labute approximate surface area is 160 Å². The third-order valence-corrected chi connectivity index (χ3v) is 10.6. The maximum absolute atomic E-state index is 13.5. The van der Waals surface area contributed by atoms with Crippen LogP contribution in [0.2, 0.25) is 18.1 Å². The van der Waals surface area contributed by atoms with E-state index in [4.69, 9.17) is 0 Å². The second-order valence-electron chi connectivity index (χ2n) is 9.00. The van der Waals surface area contributed by atoms with E-state index in [0.29, 0.717) is 5.92 Å². The molecule has 2 aliphatic rings. The van der Waals surface area contributed by atoms with Crippen molar-refractivity contribution in [2.75, 3.05) is 0 Å². The second-order valence-corrected chi connectivity index (χ2v) is 12.5. The molecule has 26 heavy (non-hydrogen) atoms. The molecule has 0 amide bonds. The third-order valence-electron chi connectivity index (χ3n) is 7.18. The van der Waals surface area contributed by atoms with Crippen LogP contribution in [0.4, 0.5) is 8.78 Å². The van der Waals surface area contributed by atoms with Crippen molar-refractivity contribution >= 4 is 8.80 Å². The fourth-order valence-corrected chi connectivity index (χ4v) is 8.88. The highest BCUT2D eigenvalue weighted by Gasteiger charge is 2.26. The highest BCUT2D eigenvalue weighted by molar-refractivity contribution is 6.59. The van der Waals surface area contributed by atoms with Crippen molar-refractivity contribution in [3.05, 3.63) is 35.4 Å². The minimum atomic E-state index is -0.721. The van der Waals surface area contributed by atoms with Gasteiger partial charge in [-0.05, 0) is 48.3 Å². The molecular formula is C23H36F2Si. The van der Waals surface area contributed by atoms with Gasteiger partial charge in [0.15, 0.2) is 11.6 Å². The lowest BCUT2D eigenvalue weighted by Crippen LogP contribution is -2.22. The number of unbranched alkanes of at least 4 members (excludes halogenated alkanes) is 1. The zero-order chi connectivity index (χ0) is 18.4. The smallest absolute Gasteiger partial charge is 0.159 e. The van der Waals surface area contributed by atoms with Crippen LogP contribution >= 0.6 is 0 Å². The minimum Gasteiger partial charge on any atom is -0.204 e. The first-order valence-electron chi connectivity index (χ1n) is 11.1. The monoisotopic (exact) mass is 378 g/mol. The summed E-state index contributed by atoms with van der Waals surface area (Å²) in [4.78, 5) is 0. The quantitative estimate of drug-likeness (QED) is 0.432. The van der Waals surface area contributed by atoms with Crippen molar-refractivity contribution in [1.29, 1.82) is 0 Å². The molecule has 1 aliphatic heterocycles. The van der Waals surface area contributed by atoms with Crippen LogP contribution in [0.3, 0.4) is 0 Å². The van der Waals surface area contributed by atoms with Gasteiger partial charge in [0.2, 0.25) is 0 Å². The largest absolute Gasteiger partial charge is 0.204 e. The van der Waals surface area contributed by atoms with Gasteiger partial charge in [0.1, 0.15) is 0 Å². The molecular weight excluding hydrogens is 342 g/mol. The van der Waals surface area contributed by atoms with Gasteiger partial charge >= 0.3 is 0 Å². The summed E-state index contributed by atoms with van der Waals surface area (Å²) in [5.41, 5.74) is 1.02. The molecule has 1 aliphatic carbocycles. The van der Waals surface area contributed by atoms with E-state index < -0.39 is 20.4 Å². The molecule has 3 rings (SSSR count).